The van der Waals surface area contributed by atoms with Crippen LogP contribution in [0.4, 0.5) is 5.13 Å². The molecule has 0 saturated heterocycles. The minimum Gasteiger partial charge on any atom is -0.307 e. The van der Waals surface area contributed by atoms with Gasteiger partial charge in [0.05, 0.1) is 17.8 Å². The van der Waals surface area contributed by atoms with E-state index in [1.54, 1.807) is 0 Å². The summed E-state index contributed by atoms with van der Waals surface area (Å²) < 4.78 is 1.91. The summed E-state index contributed by atoms with van der Waals surface area (Å²) in [5, 5.41) is 5.45. The van der Waals surface area contributed by atoms with Crippen LogP contribution in [0, 0.1) is 0 Å². The molecule has 6 heteroatoms. The van der Waals surface area contributed by atoms with Gasteiger partial charge in [0, 0.05) is 17.8 Å². The summed E-state index contributed by atoms with van der Waals surface area (Å²) in [5.74, 6) is 0.272. The molecule has 1 N–H and O–H groups in total. The van der Waals surface area contributed by atoms with Crippen molar-refractivity contribution in [3.05, 3.63) is 47.4 Å². The molecule has 0 saturated carbocycles. The third-order valence-corrected chi connectivity index (χ3v) is 3.89. The minimum absolute atomic E-state index is 0.0944. The first-order chi connectivity index (χ1) is 10.1. The summed E-state index contributed by atoms with van der Waals surface area (Å²) in [6.45, 7) is 4.16. The van der Waals surface area contributed by atoms with Gasteiger partial charge < -0.3 is 9.72 Å². The van der Waals surface area contributed by atoms with Crippen LogP contribution >= 0.6 is 11.3 Å². The monoisotopic (exact) mass is 300 g/mol. The first kappa shape index (κ1) is 13.8. The molecule has 3 aromatic heterocycles. The molecule has 0 aliphatic heterocycles. The van der Waals surface area contributed by atoms with E-state index in [1.807, 2.05) is 40.4 Å². The molecule has 0 atom stereocenters. The standard InChI is InChI=1S/C15H16N4OS/c1-10(2)12-9-21-15(17-12)18-14(20)7-11-8-19-6-4-3-5-13(19)16-11/h3-6,8-10H,7H2,1-2H3,(H,17,18,20). The van der Waals surface area contributed by atoms with Crippen LogP contribution in [0.1, 0.15) is 31.2 Å². The van der Waals surface area contributed by atoms with Gasteiger partial charge in [0.15, 0.2) is 5.13 Å². The normalized spacial score (nSPS) is 11.2. The van der Waals surface area contributed by atoms with Crippen molar-refractivity contribution < 1.29 is 4.79 Å². The number of rotatable bonds is 4. The van der Waals surface area contributed by atoms with Gasteiger partial charge in [-0.05, 0) is 18.1 Å². The van der Waals surface area contributed by atoms with E-state index in [2.05, 4.69) is 29.1 Å². The molecule has 0 aromatic carbocycles. The molecule has 0 spiro atoms. The van der Waals surface area contributed by atoms with E-state index in [1.165, 1.54) is 11.3 Å². The van der Waals surface area contributed by atoms with Gasteiger partial charge in [0.1, 0.15) is 5.65 Å². The van der Waals surface area contributed by atoms with Gasteiger partial charge in [-0.15, -0.1) is 11.3 Å². The minimum atomic E-state index is -0.0944. The smallest absolute Gasteiger partial charge is 0.232 e. The van der Waals surface area contributed by atoms with E-state index in [4.69, 9.17) is 0 Å². The topological polar surface area (TPSA) is 59.3 Å². The maximum atomic E-state index is 12.0. The maximum Gasteiger partial charge on any atom is 0.232 e. The van der Waals surface area contributed by atoms with E-state index in [0.29, 0.717) is 11.0 Å². The van der Waals surface area contributed by atoms with Crippen LogP contribution in [0.5, 0.6) is 0 Å². The summed E-state index contributed by atoms with van der Waals surface area (Å²) in [5.41, 5.74) is 2.60. The Morgan fingerprint density at radius 1 is 1.38 bits per heavy atom. The third-order valence-electron chi connectivity index (χ3n) is 3.12. The van der Waals surface area contributed by atoms with E-state index < -0.39 is 0 Å². The molecule has 1 amide bonds. The van der Waals surface area contributed by atoms with Crippen LogP contribution in [0.2, 0.25) is 0 Å². The fourth-order valence-corrected chi connectivity index (χ4v) is 2.90. The van der Waals surface area contributed by atoms with Crippen molar-refractivity contribution in [3.8, 4) is 0 Å². The first-order valence-electron chi connectivity index (χ1n) is 6.79. The number of pyridine rings is 1. The van der Waals surface area contributed by atoms with Crippen molar-refractivity contribution in [2.45, 2.75) is 26.2 Å². The maximum absolute atomic E-state index is 12.0. The Bertz CT molecular complexity index is 742. The average Bonchev–Trinajstić information content (AvgIpc) is 3.04. The Hall–Kier alpha value is -2.21. The van der Waals surface area contributed by atoms with Gasteiger partial charge in [0.25, 0.3) is 0 Å². The number of hydrogen-bond donors (Lipinski definition) is 1. The van der Waals surface area contributed by atoms with Crippen LogP contribution in [0.25, 0.3) is 5.65 Å². The number of fused-ring (bicyclic) bond motifs is 1. The summed E-state index contributed by atoms with van der Waals surface area (Å²) in [6.07, 6.45) is 4.04. The highest BCUT2D eigenvalue weighted by atomic mass is 32.1. The number of thiazole rings is 1. The Morgan fingerprint density at radius 3 is 2.95 bits per heavy atom. The zero-order chi connectivity index (χ0) is 14.8. The van der Waals surface area contributed by atoms with Gasteiger partial charge in [-0.1, -0.05) is 19.9 Å². The highest BCUT2D eigenvalue weighted by molar-refractivity contribution is 7.13. The van der Waals surface area contributed by atoms with Crippen LogP contribution in [0.3, 0.4) is 0 Å². The number of carbonyl (C=O) groups excluding carboxylic acids is 1. The summed E-state index contributed by atoms with van der Waals surface area (Å²) in [6, 6.07) is 5.77. The number of anilines is 1. The molecular formula is C15H16N4OS. The predicted octanol–water partition coefficient (Wildman–Crippen LogP) is 3.10. The molecule has 0 unspecified atom stereocenters. The Kier molecular flexibility index (Phi) is 3.70. The van der Waals surface area contributed by atoms with Crippen LogP contribution < -0.4 is 5.32 Å². The zero-order valence-corrected chi connectivity index (χ0v) is 12.7. The Balaban J connectivity index is 1.68. The summed E-state index contributed by atoms with van der Waals surface area (Å²) in [4.78, 5) is 20.9. The highest BCUT2D eigenvalue weighted by Crippen LogP contribution is 2.21. The van der Waals surface area contributed by atoms with Crippen molar-refractivity contribution >= 4 is 28.0 Å². The lowest BCUT2D eigenvalue weighted by atomic mass is 10.2. The lowest BCUT2D eigenvalue weighted by Crippen LogP contribution is -2.14. The van der Waals surface area contributed by atoms with Crippen LogP contribution in [-0.4, -0.2) is 20.3 Å². The van der Waals surface area contributed by atoms with E-state index in [-0.39, 0.29) is 12.3 Å². The van der Waals surface area contributed by atoms with Crippen molar-refractivity contribution in [2.75, 3.05) is 5.32 Å². The number of hydrogen-bond acceptors (Lipinski definition) is 4. The second-order valence-corrected chi connectivity index (χ2v) is 6.01. The van der Waals surface area contributed by atoms with E-state index in [9.17, 15) is 4.79 Å². The molecule has 3 aromatic rings. The quantitative estimate of drug-likeness (QED) is 0.805. The summed E-state index contributed by atoms with van der Waals surface area (Å²) in [7, 11) is 0. The number of aromatic nitrogens is 3. The molecule has 0 bridgehead atoms. The molecule has 21 heavy (non-hydrogen) atoms. The molecule has 3 rings (SSSR count). The number of imidazole rings is 1. The molecule has 0 radical (unpaired) electrons. The van der Waals surface area contributed by atoms with Crippen LogP contribution in [0.15, 0.2) is 36.0 Å². The van der Waals surface area contributed by atoms with Crippen molar-refractivity contribution in [3.63, 3.8) is 0 Å². The number of nitrogens with one attached hydrogen (secondary N) is 1. The van der Waals surface area contributed by atoms with Gasteiger partial charge in [-0.25, -0.2) is 9.97 Å². The SMILES string of the molecule is CC(C)c1csc(NC(=O)Cc2cn3ccccc3n2)n1. The fraction of sp³-hybridized carbons (Fsp3) is 0.267. The van der Waals surface area contributed by atoms with Crippen molar-refractivity contribution in [2.24, 2.45) is 0 Å². The van der Waals surface area contributed by atoms with Gasteiger partial charge >= 0.3 is 0 Å². The Morgan fingerprint density at radius 2 is 2.24 bits per heavy atom. The van der Waals surface area contributed by atoms with Gasteiger partial charge in [-0.3, -0.25) is 4.79 Å². The lowest BCUT2D eigenvalue weighted by Gasteiger charge is -2.00. The molecular weight excluding hydrogens is 284 g/mol. The molecule has 108 valence electrons. The van der Waals surface area contributed by atoms with Crippen molar-refractivity contribution in [1.29, 1.82) is 0 Å². The second kappa shape index (κ2) is 5.65. The second-order valence-electron chi connectivity index (χ2n) is 5.16. The predicted molar refractivity (Wildman–Crippen MR) is 83.7 cm³/mol. The lowest BCUT2D eigenvalue weighted by molar-refractivity contribution is -0.115. The zero-order valence-electron chi connectivity index (χ0n) is 11.9. The fourth-order valence-electron chi connectivity index (χ4n) is 2.01. The third kappa shape index (κ3) is 3.11. The van der Waals surface area contributed by atoms with Crippen molar-refractivity contribution in [1.82, 2.24) is 14.4 Å². The van der Waals surface area contributed by atoms with Gasteiger partial charge in [-0.2, -0.15) is 0 Å². The molecule has 0 fully saturated rings. The highest BCUT2D eigenvalue weighted by Gasteiger charge is 2.11. The molecule has 3 heterocycles. The van der Waals surface area contributed by atoms with Crippen LogP contribution in [-0.2, 0) is 11.2 Å². The van der Waals surface area contributed by atoms with E-state index >= 15 is 0 Å². The van der Waals surface area contributed by atoms with E-state index in [0.717, 1.165) is 17.0 Å². The molecule has 5 nitrogen and oxygen atoms in total. The average molecular weight is 300 g/mol. The Labute approximate surface area is 126 Å². The summed E-state index contributed by atoms with van der Waals surface area (Å²) >= 11 is 1.45. The first-order valence-corrected chi connectivity index (χ1v) is 7.67. The molecule has 0 aliphatic rings. The molecule has 0 aliphatic carbocycles. The number of nitrogens with zero attached hydrogens (tertiary/aromatic N) is 3. The van der Waals surface area contributed by atoms with Gasteiger partial charge in [0.2, 0.25) is 5.91 Å². The largest absolute Gasteiger partial charge is 0.307 e. The number of carbonyl (C=O) groups is 1. The number of amides is 1.